The van der Waals surface area contributed by atoms with Crippen LogP contribution in [0.3, 0.4) is 0 Å². The van der Waals surface area contributed by atoms with Gasteiger partial charge in [-0.25, -0.2) is 8.42 Å². The Morgan fingerprint density at radius 3 is 2.36 bits per heavy atom. The molecule has 1 amide bonds. The molecule has 6 heteroatoms. The van der Waals surface area contributed by atoms with E-state index in [0.29, 0.717) is 11.5 Å². The third-order valence-corrected chi connectivity index (χ3v) is 6.01. The summed E-state index contributed by atoms with van der Waals surface area (Å²) in [7, 11) is -1.66. The van der Waals surface area contributed by atoms with Crippen LogP contribution >= 0.6 is 11.6 Å². The van der Waals surface area contributed by atoms with Crippen molar-refractivity contribution in [2.75, 3.05) is 13.3 Å². The van der Waals surface area contributed by atoms with Crippen LogP contribution in [0.15, 0.2) is 23.1 Å². The molecular formula is C16H22ClNO3S. The third kappa shape index (κ3) is 3.82. The van der Waals surface area contributed by atoms with Gasteiger partial charge in [0, 0.05) is 24.9 Å². The van der Waals surface area contributed by atoms with Crippen LogP contribution < -0.4 is 0 Å². The van der Waals surface area contributed by atoms with E-state index in [2.05, 4.69) is 6.92 Å². The summed E-state index contributed by atoms with van der Waals surface area (Å²) in [5.74, 6) is 0.563. The summed E-state index contributed by atoms with van der Waals surface area (Å²) in [5.41, 5.74) is 0.367. The van der Waals surface area contributed by atoms with Gasteiger partial charge in [-0.1, -0.05) is 18.5 Å². The molecule has 1 aliphatic rings. The van der Waals surface area contributed by atoms with Crippen LogP contribution in [0.25, 0.3) is 0 Å². The quantitative estimate of drug-likeness (QED) is 0.845. The maximum Gasteiger partial charge on any atom is 0.253 e. The van der Waals surface area contributed by atoms with Gasteiger partial charge < -0.3 is 4.90 Å². The average Bonchev–Trinajstić information content (AvgIpc) is 2.46. The third-order valence-electron chi connectivity index (χ3n) is 4.43. The first-order chi connectivity index (χ1) is 10.2. The zero-order valence-corrected chi connectivity index (χ0v) is 14.7. The topological polar surface area (TPSA) is 54.5 Å². The van der Waals surface area contributed by atoms with Gasteiger partial charge in [0.25, 0.3) is 5.91 Å². The van der Waals surface area contributed by atoms with E-state index in [9.17, 15) is 13.2 Å². The number of benzene rings is 1. The molecule has 2 rings (SSSR count). The number of hydrogen-bond donors (Lipinski definition) is 0. The molecule has 0 spiro atoms. The molecule has 0 saturated heterocycles. The molecule has 0 aromatic heterocycles. The highest BCUT2D eigenvalue weighted by Gasteiger charge is 2.26. The van der Waals surface area contributed by atoms with Crippen molar-refractivity contribution in [3.8, 4) is 0 Å². The summed E-state index contributed by atoms with van der Waals surface area (Å²) in [5, 5.41) is 0.146. The van der Waals surface area contributed by atoms with E-state index < -0.39 is 9.84 Å². The standard InChI is InChI=1S/C16H22ClNO3S/c1-11-4-7-13(8-5-11)18(2)16(19)12-6-9-14(17)15(10-12)22(3,20)21/h6,9-11,13H,4-5,7-8H2,1-3H3. The molecule has 0 unspecified atom stereocenters. The smallest absolute Gasteiger partial charge is 0.253 e. The fraction of sp³-hybridized carbons (Fsp3) is 0.562. The molecule has 0 heterocycles. The van der Waals surface area contributed by atoms with Crippen LogP contribution in [0.1, 0.15) is 43.0 Å². The first-order valence-electron chi connectivity index (χ1n) is 7.47. The van der Waals surface area contributed by atoms with Gasteiger partial charge in [0.05, 0.1) is 9.92 Å². The Bertz CT molecular complexity index is 664. The SMILES string of the molecule is CC1CCC(N(C)C(=O)c2ccc(Cl)c(S(C)(=O)=O)c2)CC1. The highest BCUT2D eigenvalue weighted by atomic mass is 35.5. The predicted octanol–water partition coefficient (Wildman–Crippen LogP) is 3.39. The van der Waals surface area contributed by atoms with Crippen molar-refractivity contribution >= 4 is 27.3 Å². The van der Waals surface area contributed by atoms with Crippen LogP contribution in [0, 0.1) is 5.92 Å². The second kappa shape index (κ2) is 6.59. The fourth-order valence-electron chi connectivity index (χ4n) is 2.92. The molecule has 1 aliphatic carbocycles. The number of amides is 1. The van der Waals surface area contributed by atoms with E-state index in [1.807, 2.05) is 0 Å². The van der Waals surface area contributed by atoms with Gasteiger partial charge >= 0.3 is 0 Å². The summed E-state index contributed by atoms with van der Waals surface area (Å²) < 4.78 is 23.5. The van der Waals surface area contributed by atoms with Gasteiger partial charge in [-0.05, 0) is 49.8 Å². The maximum absolute atomic E-state index is 12.6. The summed E-state index contributed by atoms with van der Waals surface area (Å²) in [6, 6.07) is 4.66. The van der Waals surface area contributed by atoms with E-state index in [4.69, 9.17) is 11.6 Å². The molecule has 0 atom stereocenters. The maximum atomic E-state index is 12.6. The Morgan fingerprint density at radius 1 is 1.23 bits per heavy atom. The molecule has 0 radical (unpaired) electrons. The lowest BCUT2D eigenvalue weighted by Gasteiger charge is -2.33. The molecule has 1 saturated carbocycles. The molecule has 1 fully saturated rings. The predicted molar refractivity (Wildman–Crippen MR) is 88.1 cm³/mol. The van der Waals surface area contributed by atoms with Crippen molar-refractivity contribution in [1.82, 2.24) is 4.90 Å². The lowest BCUT2D eigenvalue weighted by molar-refractivity contribution is 0.0679. The van der Waals surface area contributed by atoms with Crippen LogP contribution in [-0.2, 0) is 9.84 Å². The van der Waals surface area contributed by atoms with Crippen molar-refractivity contribution in [1.29, 1.82) is 0 Å². The van der Waals surface area contributed by atoms with Gasteiger partial charge in [0.15, 0.2) is 9.84 Å². The zero-order chi connectivity index (χ0) is 16.5. The molecule has 0 N–H and O–H groups in total. The van der Waals surface area contributed by atoms with E-state index in [0.717, 1.165) is 31.9 Å². The lowest BCUT2D eigenvalue weighted by Crippen LogP contribution is -2.39. The summed E-state index contributed by atoms with van der Waals surface area (Å²) in [4.78, 5) is 14.3. The number of nitrogens with zero attached hydrogens (tertiary/aromatic N) is 1. The van der Waals surface area contributed by atoms with Gasteiger partial charge in [0.2, 0.25) is 0 Å². The summed E-state index contributed by atoms with van der Waals surface area (Å²) in [6.45, 7) is 2.23. The largest absolute Gasteiger partial charge is 0.339 e. The summed E-state index contributed by atoms with van der Waals surface area (Å²) >= 11 is 5.93. The van der Waals surface area contributed by atoms with Gasteiger partial charge in [-0.2, -0.15) is 0 Å². The Kier molecular flexibility index (Phi) is 5.17. The molecule has 0 bridgehead atoms. The Labute approximate surface area is 137 Å². The molecular weight excluding hydrogens is 322 g/mol. The Balaban J connectivity index is 2.22. The van der Waals surface area contributed by atoms with E-state index >= 15 is 0 Å². The van der Waals surface area contributed by atoms with Gasteiger partial charge in [0.1, 0.15) is 0 Å². The molecule has 1 aromatic carbocycles. The summed E-state index contributed by atoms with van der Waals surface area (Å²) in [6.07, 6.45) is 5.33. The minimum Gasteiger partial charge on any atom is -0.339 e. The van der Waals surface area contributed by atoms with Crippen molar-refractivity contribution in [3.05, 3.63) is 28.8 Å². The van der Waals surface area contributed by atoms with Crippen molar-refractivity contribution in [2.24, 2.45) is 5.92 Å². The Hall–Kier alpha value is -1.07. The number of carbonyl (C=O) groups excluding carboxylic acids is 1. The van der Waals surface area contributed by atoms with E-state index in [1.165, 1.54) is 12.1 Å². The van der Waals surface area contributed by atoms with Crippen LogP contribution in [0.2, 0.25) is 5.02 Å². The van der Waals surface area contributed by atoms with Crippen molar-refractivity contribution in [3.63, 3.8) is 0 Å². The minimum atomic E-state index is -3.45. The zero-order valence-electron chi connectivity index (χ0n) is 13.2. The second-order valence-corrected chi connectivity index (χ2v) is 8.64. The van der Waals surface area contributed by atoms with Crippen LogP contribution in [-0.4, -0.2) is 38.6 Å². The highest BCUT2D eigenvalue weighted by Crippen LogP contribution is 2.28. The first kappa shape index (κ1) is 17.3. The van der Waals surface area contributed by atoms with Gasteiger partial charge in [-0.15, -0.1) is 0 Å². The van der Waals surface area contributed by atoms with Crippen LogP contribution in [0.5, 0.6) is 0 Å². The molecule has 22 heavy (non-hydrogen) atoms. The molecule has 1 aromatic rings. The minimum absolute atomic E-state index is 0.00526. The lowest BCUT2D eigenvalue weighted by atomic mass is 9.86. The van der Waals surface area contributed by atoms with Crippen LogP contribution in [0.4, 0.5) is 0 Å². The number of halogens is 1. The number of sulfone groups is 1. The monoisotopic (exact) mass is 343 g/mol. The molecule has 4 nitrogen and oxygen atoms in total. The number of carbonyl (C=O) groups is 1. The van der Waals surface area contributed by atoms with Crippen molar-refractivity contribution < 1.29 is 13.2 Å². The van der Waals surface area contributed by atoms with Gasteiger partial charge in [-0.3, -0.25) is 4.79 Å². The van der Waals surface area contributed by atoms with E-state index in [1.54, 1.807) is 18.0 Å². The number of rotatable bonds is 3. The normalized spacial score (nSPS) is 22.4. The second-order valence-electron chi connectivity index (χ2n) is 6.25. The highest BCUT2D eigenvalue weighted by molar-refractivity contribution is 7.90. The number of hydrogen-bond acceptors (Lipinski definition) is 3. The van der Waals surface area contributed by atoms with Crippen molar-refractivity contribution in [2.45, 2.75) is 43.5 Å². The average molecular weight is 344 g/mol. The molecule has 122 valence electrons. The molecule has 0 aliphatic heterocycles. The van der Waals surface area contributed by atoms with E-state index in [-0.39, 0.29) is 21.9 Å². The fourth-order valence-corrected chi connectivity index (χ4v) is 4.22. The first-order valence-corrected chi connectivity index (χ1v) is 9.74. The Morgan fingerprint density at radius 2 is 1.82 bits per heavy atom.